The van der Waals surface area contributed by atoms with Crippen LogP contribution in [0.2, 0.25) is 0 Å². The SMILES string of the molecule is O=C(c1ccncc1)N1CCCCC1C1OCCO1. The molecule has 0 saturated carbocycles. The van der Waals surface area contributed by atoms with Crippen molar-refractivity contribution in [2.45, 2.75) is 31.6 Å². The highest BCUT2D eigenvalue weighted by atomic mass is 16.7. The molecule has 0 spiro atoms. The Labute approximate surface area is 112 Å². The number of rotatable bonds is 2. The van der Waals surface area contributed by atoms with E-state index in [9.17, 15) is 4.79 Å². The zero-order chi connectivity index (χ0) is 13.1. The predicted octanol–water partition coefficient (Wildman–Crippen LogP) is 1.45. The molecule has 1 unspecified atom stereocenters. The first kappa shape index (κ1) is 12.6. The van der Waals surface area contributed by atoms with Gasteiger partial charge in [0.2, 0.25) is 0 Å². The number of amides is 1. The molecule has 1 amide bonds. The molecule has 0 aromatic carbocycles. The fraction of sp³-hybridized carbons (Fsp3) is 0.571. The van der Waals surface area contributed by atoms with Crippen molar-refractivity contribution in [3.63, 3.8) is 0 Å². The summed E-state index contributed by atoms with van der Waals surface area (Å²) in [5.74, 6) is 0.0474. The van der Waals surface area contributed by atoms with Crippen LogP contribution in [-0.2, 0) is 9.47 Å². The summed E-state index contributed by atoms with van der Waals surface area (Å²) < 4.78 is 11.2. The zero-order valence-electron chi connectivity index (χ0n) is 10.8. The number of likely N-dealkylation sites (tertiary alicyclic amines) is 1. The highest BCUT2D eigenvalue weighted by Gasteiger charge is 2.36. The minimum Gasteiger partial charge on any atom is -0.348 e. The maximum atomic E-state index is 12.6. The first-order valence-corrected chi connectivity index (χ1v) is 6.80. The van der Waals surface area contributed by atoms with Crippen LogP contribution in [-0.4, -0.2) is 47.9 Å². The van der Waals surface area contributed by atoms with Gasteiger partial charge in [0.1, 0.15) is 0 Å². The summed E-state index contributed by atoms with van der Waals surface area (Å²) in [6.07, 6.45) is 6.14. The second kappa shape index (κ2) is 5.67. The molecule has 102 valence electrons. The average molecular weight is 262 g/mol. The van der Waals surface area contributed by atoms with Gasteiger partial charge in [-0.05, 0) is 31.4 Å². The normalized spacial score (nSPS) is 24.6. The first-order chi connectivity index (χ1) is 9.36. The zero-order valence-corrected chi connectivity index (χ0v) is 10.8. The van der Waals surface area contributed by atoms with Gasteiger partial charge in [-0.2, -0.15) is 0 Å². The van der Waals surface area contributed by atoms with E-state index in [0.29, 0.717) is 18.8 Å². The highest BCUT2D eigenvalue weighted by Crippen LogP contribution is 2.25. The molecule has 0 N–H and O–H groups in total. The second-order valence-electron chi connectivity index (χ2n) is 4.91. The topological polar surface area (TPSA) is 51.7 Å². The van der Waals surface area contributed by atoms with Crippen molar-refractivity contribution >= 4 is 5.91 Å². The Hall–Kier alpha value is -1.46. The van der Waals surface area contributed by atoms with Crippen LogP contribution in [0.15, 0.2) is 24.5 Å². The van der Waals surface area contributed by atoms with Crippen LogP contribution in [0, 0.1) is 0 Å². The fourth-order valence-electron chi connectivity index (χ4n) is 2.75. The smallest absolute Gasteiger partial charge is 0.254 e. The third-order valence-corrected chi connectivity index (χ3v) is 3.70. The molecule has 1 aromatic rings. The molecule has 5 heteroatoms. The molecule has 1 aromatic heterocycles. The molecule has 2 aliphatic rings. The van der Waals surface area contributed by atoms with Crippen LogP contribution in [0.3, 0.4) is 0 Å². The number of hydrogen-bond donors (Lipinski definition) is 0. The van der Waals surface area contributed by atoms with Gasteiger partial charge >= 0.3 is 0 Å². The van der Waals surface area contributed by atoms with Crippen LogP contribution in [0.25, 0.3) is 0 Å². The molecule has 0 bridgehead atoms. The number of pyridine rings is 1. The molecule has 1 atom stereocenters. The largest absolute Gasteiger partial charge is 0.348 e. The molecule has 0 aliphatic carbocycles. The van der Waals surface area contributed by atoms with Crippen LogP contribution >= 0.6 is 0 Å². The summed E-state index contributed by atoms with van der Waals surface area (Å²) in [7, 11) is 0. The molecule has 2 aliphatic heterocycles. The minimum atomic E-state index is -0.258. The van der Waals surface area contributed by atoms with Crippen molar-refractivity contribution in [2.24, 2.45) is 0 Å². The Morgan fingerprint density at radius 3 is 2.68 bits per heavy atom. The van der Waals surface area contributed by atoms with Crippen LogP contribution in [0.1, 0.15) is 29.6 Å². The Bertz CT molecular complexity index is 432. The van der Waals surface area contributed by atoms with Gasteiger partial charge in [-0.3, -0.25) is 9.78 Å². The van der Waals surface area contributed by atoms with Gasteiger partial charge in [0.25, 0.3) is 5.91 Å². The second-order valence-corrected chi connectivity index (χ2v) is 4.91. The van der Waals surface area contributed by atoms with E-state index in [4.69, 9.17) is 9.47 Å². The van der Waals surface area contributed by atoms with E-state index >= 15 is 0 Å². The van der Waals surface area contributed by atoms with Crippen LogP contribution < -0.4 is 0 Å². The Balaban J connectivity index is 1.78. The van der Waals surface area contributed by atoms with Gasteiger partial charge < -0.3 is 14.4 Å². The van der Waals surface area contributed by atoms with Gasteiger partial charge in [-0.1, -0.05) is 0 Å². The molecule has 0 radical (unpaired) electrons. The summed E-state index contributed by atoms with van der Waals surface area (Å²) in [6.45, 7) is 2.02. The van der Waals surface area contributed by atoms with E-state index in [-0.39, 0.29) is 18.2 Å². The molecular formula is C14H18N2O3. The third-order valence-electron chi connectivity index (χ3n) is 3.70. The van der Waals surface area contributed by atoms with Gasteiger partial charge in [0.05, 0.1) is 19.3 Å². The summed E-state index contributed by atoms with van der Waals surface area (Å²) in [4.78, 5) is 18.4. The number of aromatic nitrogens is 1. The maximum absolute atomic E-state index is 12.6. The molecule has 2 saturated heterocycles. The molecule has 2 fully saturated rings. The summed E-state index contributed by atoms with van der Waals surface area (Å²) in [6, 6.07) is 3.55. The van der Waals surface area contributed by atoms with Crippen LogP contribution in [0.4, 0.5) is 0 Å². The maximum Gasteiger partial charge on any atom is 0.254 e. The van der Waals surface area contributed by atoms with E-state index < -0.39 is 0 Å². The number of ether oxygens (including phenoxy) is 2. The summed E-state index contributed by atoms with van der Waals surface area (Å²) in [5.41, 5.74) is 0.680. The molecular weight excluding hydrogens is 244 g/mol. The molecule has 5 nitrogen and oxygen atoms in total. The molecule has 3 heterocycles. The number of nitrogens with zero attached hydrogens (tertiary/aromatic N) is 2. The molecule has 19 heavy (non-hydrogen) atoms. The third kappa shape index (κ3) is 2.62. The number of carbonyl (C=O) groups excluding carboxylic acids is 1. The lowest BCUT2D eigenvalue weighted by molar-refractivity contribution is -0.100. The Kier molecular flexibility index (Phi) is 3.75. The standard InChI is InChI=1S/C14H18N2O3/c17-13(11-4-6-15-7-5-11)16-8-2-1-3-12(16)14-18-9-10-19-14/h4-7,12,14H,1-3,8-10H2. The lowest BCUT2D eigenvalue weighted by atomic mass is 10.0. The Morgan fingerprint density at radius 1 is 1.21 bits per heavy atom. The van der Waals surface area contributed by atoms with E-state index in [1.54, 1.807) is 24.5 Å². The number of hydrogen-bond acceptors (Lipinski definition) is 4. The van der Waals surface area contributed by atoms with Gasteiger partial charge in [-0.25, -0.2) is 0 Å². The van der Waals surface area contributed by atoms with Crippen molar-refractivity contribution in [2.75, 3.05) is 19.8 Å². The quantitative estimate of drug-likeness (QED) is 0.809. The van der Waals surface area contributed by atoms with Crippen LogP contribution in [0.5, 0.6) is 0 Å². The van der Waals surface area contributed by atoms with E-state index in [2.05, 4.69) is 4.98 Å². The average Bonchev–Trinajstić information content (AvgIpc) is 3.01. The van der Waals surface area contributed by atoms with Gasteiger partial charge in [0, 0.05) is 24.5 Å². The molecule has 3 rings (SSSR count). The predicted molar refractivity (Wildman–Crippen MR) is 68.6 cm³/mol. The van der Waals surface area contributed by atoms with E-state index in [1.807, 2.05) is 4.90 Å². The fourth-order valence-corrected chi connectivity index (χ4v) is 2.75. The van der Waals surface area contributed by atoms with E-state index in [1.165, 1.54) is 0 Å². The summed E-state index contributed by atoms with van der Waals surface area (Å²) in [5, 5.41) is 0. The number of carbonyl (C=O) groups is 1. The van der Waals surface area contributed by atoms with Crippen molar-refractivity contribution in [1.82, 2.24) is 9.88 Å². The highest BCUT2D eigenvalue weighted by molar-refractivity contribution is 5.94. The lowest BCUT2D eigenvalue weighted by Gasteiger charge is -2.38. The van der Waals surface area contributed by atoms with E-state index in [0.717, 1.165) is 25.8 Å². The van der Waals surface area contributed by atoms with Crippen molar-refractivity contribution in [3.05, 3.63) is 30.1 Å². The van der Waals surface area contributed by atoms with Crippen molar-refractivity contribution < 1.29 is 14.3 Å². The lowest BCUT2D eigenvalue weighted by Crippen LogP contribution is -2.50. The monoisotopic (exact) mass is 262 g/mol. The Morgan fingerprint density at radius 2 is 1.95 bits per heavy atom. The minimum absolute atomic E-state index is 0.0388. The number of piperidine rings is 1. The van der Waals surface area contributed by atoms with Crippen molar-refractivity contribution in [1.29, 1.82) is 0 Å². The first-order valence-electron chi connectivity index (χ1n) is 6.80. The van der Waals surface area contributed by atoms with Crippen molar-refractivity contribution in [3.8, 4) is 0 Å². The summed E-state index contributed by atoms with van der Waals surface area (Å²) >= 11 is 0. The van der Waals surface area contributed by atoms with Gasteiger partial charge in [0.15, 0.2) is 6.29 Å². The van der Waals surface area contributed by atoms with Gasteiger partial charge in [-0.15, -0.1) is 0 Å².